The molecule has 0 spiro atoms. The third-order valence-corrected chi connectivity index (χ3v) is 5.58. The zero-order valence-electron chi connectivity index (χ0n) is 13.8. The minimum atomic E-state index is -0.768. The van der Waals surface area contributed by atoms with Gasteiger partial charge in [0.25, 0.3) is 0 Å². The van der Waals surface area contributed by atoms with Crippen molar-refractivity contribution >= 4 is 16.9 Å². The molecule has 1 atom stereocenters. The number of carbonyl (C=O) groups is 1. The SMILES string of the molecule is N#CC1(C(=O)N2CCC[C@@H](c3nc4ccccc4[nH]3)C2)CCCC1. The van der Waals surface area contributed by atoms with E-state index in [1.807, 2.05) is 29.2 Å². The van der Waals surface area contributed by atoms with E-state index in [4.69, 9.17) is 4.98 Å². The standard InChI is InChI=1S/C19H22N4O/c20-13-19(9-3-4-10-19)18(24)23-11-5-6-14(12-23)17-21-15-7-1-2-8-16(15)22-17/h1-2,7-8,14H,3-6,9-12H2,(H,21,22)/t14-/m1/s1. The highest BCUT2D eigenvalue weighted by atomic mass is 16.2. The van der Waals surface area contributed by atoms with Crippen molar-refractivity contribution in [2.45, 2.75) is 44.4 Å². The molecule has 0 bridgehead atoms. The number of aromatic amines is 1. The Morgan fingerprint density at radius 3 is 2.83 bits per heavy atom. The van der Waals surface area contributed by atoms with Gasteiger partial charge in [0.15, 0.2) is 0 Å². The molecule has 0 unspecified atom stereocenters. The third-order valence-electron chi connectivity index (χ3n) is 5.58. The van der Waals surface area contributed by atoms with Crippen LogP contribution in [0.25, 0.3) is 11.0 Å². The van der Waals surface area contributed by atoms with E-state index in [0.717, 1.165) is 49.1 Å². The molecule has 1 amide bonds. The van der Waals surface area contributed by atoms with Gasteiger partial charge in [-0.1, -0.05) is 25.0 Å². The molecule has 5 nitrogen and oxygen atoms in total. The summed E-state index contributed by atoms with van der Waals surface area (Å²) in [6.07, 6.45) is 5.40. The molecule has 2 aromatic rings. The lowest BCUT2D eigenvalue weighted by Crippen LogP contribution is -2.46. The number of nitrogens with zero attached hydrogens (tertiary/aromatic N) is 3. The molecular formula is C19H22N4O. The number of hydrogen-bond acceptors (Lipinski definition) is 3. The quantitative estimate of drug-likeness (QED) is 0.921. The Balaban J connectivity index is 1.55. The fraction of sp³-hybridized carbons (Fsp3) is 0.526. The highest BCUT2D eigenvalue weighted by Crippen LogP contribution is 2.40. The normalized spacial score (nSPS) is 23.3. The number of likely N-dealkylation sites (tertiary alicyclic amines) is 1. The Hall–Kier alpha value is -2.35. The minimum Gasteiger partial charge on any atom is -0.342 e. The molecule has 4 rings (SSSR count). The predicted molar refractivity (Wildman–Crippen MR) is 91.2 cm³/mol. The number of nitrogens with one attached hydrogen (secondary N) is 1. The zero-order valence-corrected chi connectivity index (χ0v) is 13.8. The molecule has 2 fully saturated rings. The van der Waals surface area contributed by atoms with Gasteiger partial charge in [-0.3, -0.25) is 4.79 Å². The number of carbonyl (C=O) groups excluding carboxylic acids is 1. The number of hydrogen-bond donors (Lipinski definition) is 1. The summed E-state index contributed by atoms with van der Waals surface area (Å²) in [6, 6.07) is 10.4. The van der Waals surface area contributed by atoms with Gasteiger partial charge in [-0.15, -0.1) is 0 Å². The Labute approximate surface area is 141 Å². The first kappa shape index (κ1) is 15.2. The van der Waals surface area contributed by atoms with Gasteiger partial charge < -0.3 is 9.88 Å². The number of imidazole rings is 1. The third kappa shape index (κ3) is 2.47. The van der Waals surface area contributed by atoms with Gasteiger partial charge >= 0.3 is 0 Å². The first-order chi connectivity index (χ1) is 11.7. The van der Waals surface area contributed by atoms with Gasteiger partial charge in [-0.05, 0) is 37.8 Å². The van der Waals surface area contributed by atoms with E-state index in [-0.39, 0.29) is 11.8 Å². The van der Waals surface area contributed by atoms with Crippen molar-refractivity contribution < 1.29 is 4.79 Å². The summed E-state index contributed by atoms with van der Waals surface area (Å²) in [6.45, 7) is 1.43. The van der Waals surface area contributed by atoms with Crippen LogP contribution in [-0.2, 0) is 4.79 Å². The van der Waals surface area contributed by atoms with Crippen LogP contribution in [0, 0.1) is 16.7 Å². The second kappa shape index (κ2) is 5.94. The molecule has 1 aliphatic carbocycles. The first-order valence-electron chi connectivity index (χ1n) is 8.87. The number of nitriles is 1. The Bertz CT molecular complexity index is 764. The van der Waals surface area contributed by atoms with Crippen LogP contribution in [0.3, 0.4) is 0 Å². The van der Waals surface area contributed by atoms with Crippen LogP contribution < -0.4 is 0 Å². The molecule has 0 radical (unpaired) electrons. The van der Waals surface area contributed by atoms with Crippen LogP contribution in [0.15, 0.2) is 24.3 Å². The number of para-hydroxylation sites is 2. The largest absolute Gasteiger partial charge is 0.342 e. The molecule has 1 N–H and O–H groups in total. The van der Waals surface area contributed by atoms with Crippen LogP contribution in [0.2, 0.25) is 0 Å². The second-order valence-electron chi connectivity index (χ2n) is 7.13. The van der Waals surface area contributed by atoms with Crippen LogP contribution in [-0.4, -0.2) is 33.9 Å². The van der Waals surface area contributed by atoms with Gasteiger partial charge in [0.05, 0.1) is 17.1 Å². The number of amides is 1. The zero-order chi connectivity index (χ0) is 16.6. The number of fused-ring (bicyclic) bond motifs is 1. The maximum Gasteiger partial charge on any atom is 0.243 e. The number of piperidine rings is 1. The van der Waals surface area contributed by atoms with E-state index in [9.17, 15) is 10.1 Å². The molecule has 1 saturated carbocycles. The lowest BCUT2D eigenvalue weighted by Gasteiger charge is -2.35. The number of aromatic nitrogens is 2. The van der Waals surface area contributed by atoms with Crippen molar-refractivity contribution in [2.24, 2.45) is 5.41 Å². The van der Waals surface area contributed by atoms with Crippen molar-refractivity contribution in [1.29, 1.82) is 5.26 Å². The predicted octanol–water partition coefficient (Wildman–Crippen LogP) is 3.35. The van der Waals surface area contributed by atoms with Crippen molar-refractivity contribution in [3.8, 4) is 6.07 Å². The average molecular weight is 322 g/mol. The molecular weight excluding hydrogens is 300 g/mol. The van der Waals surface area contributed by atoms with E-state index in [1.165, 1.54) is 0 Å². The van der Waals surface area contributed by atoms with Gasteiger partial charge in [0, 0.05) is 19.0 Å². The van der Waals surface area contributed by atoms with Crippen molar-refractivity contribution in [3.05, 3.63) is 30.1 Å². The average Bonchev–Trinajstić information content (AvgIpc) is 3.28. The second-order valence-corrected chi connectivity index (χ2v) is 7.13. The molecule has 124 valence electrons. The monoisotopic (exact) mass is 322 g/mol. The lowest BCUT2D eigenvalue weighted by atomic mass is 9.85. The number of H-pyrrole nitrogens is 1. The summed E-state index contributed by atoms with van der Waals surface area (Å²) in [5, 5.41) is 9.58. The van der Waals surface area contributed by atoms with Crippen LogP contribution in [0.4, 0.5) is 0 Å². The molecule has 1 saturated heterocycles. The number of benzene rings is 1. The lowest BCUT2D eigenvalue weighted by molar-refractivity contribution is -0.140. The van der Waals surface area contributed by atoms with Crippen molar-refractivity contribution in [2.75, 3.05) is 13.1 Å². The maximum atomic E-state index is 13.0. The molecule has 2 aliphatic rings. The molecule has 1 aromatic carbocycles. The highest BCUT2D eigenvalue weighted by molar-refractivity contribution is 5.86. The molecule has 1 aromatic heterocycles. The fourth-order valence-electron chi connectivity index (χ4n) is 4.21. The van der Waals surface area contributed by atoms with Crippen LogP contribution in [0.1, 0.15) is 50.3 Å². The number of rotatable bonds is 2. The molecule has 24 heavy (non-hydrogen) atoms. The van der Waals surface area contributed by atoms with E-state index >= 15 is 0 Å². The summed E-state index contributed by atoms with van der Waals surface area (Å²) < 4.78 is 0. The van der Waals surface area contributed by atoms with Gasteiger partial charge in [-0.25, -0.2) is 4.98 Å². The van der Waals surface area contributed by atoms with E-state index < -0.39 is 5.41 Å². The Morgan fingerprint density at radius 2 is 2.08 bits per heavy atom. The summed E-state index contributed by atoms with van der Waals surface area (Å²) in [5.74, 6) is 1.24. The highest BCUT2D eigenvalue weighted by Gasteiger charge is 2.45. The molecule has 5 heteroatoms. The maximum absolute atomic E-state index is 13.0. The Morgan fingerprint density at radius 1 is 1.29 bits per heavy atom. The molecule has 2 heterocycles. The van der Waals surface area contributed by atoms with Crippen molar-refractivity contribution in [3.63, 3.8) is 0 Å². The first-order valence-corrected chi connectivity index (χ1v) is 8.87. The fourth-order valence-corrected chi connectivity index (χ4v) is 4.21. The van der Waals surface area contributed by atoms with Gasteiger partial charge in [0.2, 0.25) is 5.91 Å². The van der Waals surface area contributed by atoms with Gasteiger partial charge in [0.1, 0.15) is 11.2 Å². The van der Waals surface area contributed by atoms with Crippen LogP contribution >= 0.6 is 0 Å². The summed E-state index contributed by atoms with van der Waals surface area (Å²) in [7, 11) is 0. The van der Waals surface area contributed by atoms with E-state index in [0.29, 0.717) is 19.4 Å². The Kier molecular flexibility index (Phi) is 3.76. The van der Waals surface area contributed by atoms with Gasteiger partial charge in [-0.2, -0.15) is 5.26 Å². The summed E-state index contributed by atoms with van der Waals surface area (Å²) >= 11 is 0. The summed E-state index contributed by atoms with van der Waals surface area (Å²) in [4.78, 5) is 23.0. The van der Waals surface area contributed by atoms with E-state index in [1.54, 1.807) is 0 Å². The minimum absolute atomic E-state index is 0.0447. The topological polar surface area (TPSA) is 72.8 Å². The summed E-state index contributed by atoms with van der Waals surface area (Å²) in [5.41, 5.74) is 1.25. The van der Waals surface area contributed by atoms with Crippen molar-refractivity contribution in [1.82, 2.24) is 14.9 Å². The molecule has 1 aliphatic heterocycles. The van der Waals surface area contributed by atoms with Crippen LogP contribution in [0.5, 0.6) is 0 Å². The van der Waals surface area contributed by atoms with E-state index in [2.05, 4.69) is 11.1 Å². The smallest absolute Gasteiger partial charge is 0.243 e.